The maximum atomic E-state index is 11.7. The third-order valence-corrected chi connectivity index (χ3v) is 6.01. The molecule has 0 spiro atoms. The number of esters is 2. The Morgan fingerprint density at radius 2 is 1.04 bits per heavy atom. The van der Waals surface area contributed by atoms with Gasteiger partial charge in [-0.05, 0) is 49.4 Å². The van der Waals surface area contributed by atoms with E-state index in [2.05, 4.69) is 41.5 Å². The van der Waals surface area contributed by atoms with Gasteiger partial charge in [0.15, 0.2) is 0 Å². The van der Waals surface area contributed by atoms with Gasteiger partial charge in [-0.25, -0.2) is 0 Å². The molecule has 0 N–H and O–H groups in total. The summed E-state index contributed by atoms with van der Waals surface area (Å²) in [6, 6.07) is 0. The second-order valence-corrected chi connectivity index (χ2v) is 10.5. The van der Waals surface area contributed by atoms with E-state index in [9.17, 15) is 9.59 Å². The van der Waals surface area contributed by atoms with Crippen molar-refractivity contribution in [1.82, 2.24) is 0 Å². The van der Waals surface area contributed by atoms with Crippen LogP contribution in [0.25, 0.3) is 0 Å². The number of hydrogen-bond donors (Lipinski definition) is 0. The molecule has 0 radical (unpaired) electrons. The Labute approximate surface area is 168 Å². The summed E-state index contributed by atoms with van der Waals surface area (Å²) in [5.41, 5.74) is 0. The van der Waals surface area contributed by atoms with E-state index >= 15 is 0 Å². The molecule has 0 aromatic heterocycles. The Bertz CT molecular complexity index is 350. The predicted molar refractivity (Wildman–Crippen MR) is 113 cm³/mol. The van der Waals surface area contributed by atoms with Crippen molar-refractivity contribution in [3.8, 4) is 0 Å². The molecule has 0 bridgehead atoms. The molecular formula is C20H38O4S2. The van der Waals surface area contributed by atoms with Crippen LogP contribution < -0.4 is 0 Å². The average Bonchev–Trinajstić information content (AvgIpc) is 2.50. The second kappa shape index (κ2) is 15.7. The molecule has 0 aliphatic rings. The Balaban J connectivity index is 3.57. The molecule has 6 heteroatoms. The van der Waals surface area contributed by atoms with Gasteiger partial charge in [-0.15, -0.1) is 0 Å². The third kappa shape index (κ3) is 17.1. The average molecular weight is 407 g/mol. The first kappa shape index (κ1) is 25.6. The van der Waals surface area contributed by atoms with Gasteiger partial charge in [-0.3, -0.25) is 9.59 Å². The van der Waals surface area contributed by atoms with Gasteiger partial charge < -0.3 is 9.47 Å². The van der Waals surface area contributed by atoms with E-state index in [0.717, 1.165) is 25.7 Å². The smallest absolute Gasteiger partial charge is 0.316 e. The van der Waals surface area contributed by atoms with Gasteiger partial charge >= 0.3 is 11.9 Å². The van der Waals surface area contributed by atoms with E-state index in [0.29, 0.717) is 36.9 Å². The molecule has 0 aromatic rings. The van der Waals surface area contributed by atoms with Crippen LogP contribution in [0.4, 0.5) is 0 Å². The fourth-order valence-electron chi connectivity index (χ4n) is 2.86. The maximum absolute atomic E-state index is 11.7. The molecule has 0 rings (SSSR count). The molecule has 0 heterocycles. The summed E-state index contributed by atoms with van der Waals surface area (Å²) in [6.07, 6.45) is 4.12. The monoisotopic (exact) mass is 406 g/mol. The molecule has 0 saturated heterocycles. The zero-order valence-corrected chi connectivity index (χ0v) is 19.0. The van der Waals surface area contributed by atoms with E-state index in [1.165, 1.54) is 21.6 Å². The van der Waals surface area contributed by atoms with E-state index < -0.39 is 0 Å². The zero-order chi connectivity index (χ0) is 19.9. The highest BCUT2D eigenvalue weighted by atomic mass is 33.1. The van der Waals surface area contributed by atoms with Crippen LogP contribution in [0.5, 0.6) is 0 Å². The van der Waals surface area contributed by atoms with E-state index in [1.54, 1.807) is 0 Å². The van der Waals surface area contributed by atoms with Gasteiger partial charge in [-0.2, -0.15) is 0 Å². The Hall–Kier alpha value is -0.360. The van der Waals surface area contributed by atoms with Crippen LogP contribution in [0.2, 0.25) is 0 Å². The first-order chi connectivity index (χ1) is 12.2. The standard InChI is InChI=1S/C20H38O4S2/c1-15(2)11-17(5)7-9-23-19(21)13-25-26-14-20(22)24-10-8-18(6)12-16(3)4/h15-18H,7-14H2,1-6H3. The minimum atomic E-state index is -0.213. The fraction of sp³-hybridized carbons (Fsp3) is 0.900. The fourth-order valence-corrected chi connectivity index (χ4v) is 4.46. The highest BCUT2D eigenvalue weighted by Crippen LogP contribution is 2.22. The minimum Gasteiger partial charge on any atom is -0.465 e. The van der Waals surface area contributed by atoms with Gasteiger partial charge in [0.05, 0.1) is 13.2 Å². The van der Waals surface area contributed by atoms with Crippen molar-refractivity contribution >= 4 is 33.5 Å². The zero-order valence-electron chi connectivity index (χ0n) is 17.4. The van der Waals surface area contributed by atoms with Crippen LogP contribution in [0.1, 0.15) is 67.2 Å². The van der Waals surface area contributed by atoms with E-state index in [1.807, 2.05) is 0 Å². The van der Waals surface area contributed by atoms with Crippen LogP contribution in [-0.4, -0.2) is 36.7 Å². The van der Waals surface area contributed by atoms with Crippen molar-refractivity contribution in [3.63, 3.8) is 0 Å². The van der Waals surface area contributed by atoms with Crippen molar-refractivity contribution in [2.24, 2.45) is 23.7 Å². The van der Waals surface area contributed by atoms with E-state index in [4.69, 9.17) is 9.47 Å². The molecule has 0 amide bonds. The lowest BCUT2D eigenvalue weighted by Crippen LogP contribution is -2.12. The SMILES string of the molecule is CC(C)CC(C)CCOC(=O)CSSCC(=O)OCCC(C)CC(C)C. The molecule has 0 aliphatic heterocycles. The lowest BCUT2D eigenvalue weighted by Gasteiger charge is -2.14. The largest absolute Gasteiger partial charge is 0.465 e. The summed E-state index contributed by atoms with van der Waals surface area (Å²) in [6.45, 7) is 14.1. The molecule has 0 aromatic carbocycles. The molecule has 2 unspecified atom stereocenters. The lowest BCUT2D eigenvalue weighted by molar-refractivity contribution is -0.141. The number of carbonyl (C=O) groups is 2. The predicted octanol–water partition coefficient (Wildman–Crippen LogP) is 5.60. The number of carbonyl (C=O) groups excluding carboxylic acids is 2. The van der Waals surface area contributed by atoms with Crippen molar-refractivity contribution in [3.05, 3.63) is 0 Å². The quantitative estimate of drug-likeness (QED) is 0.200. The molecular weight excluding hydrogens is 368 g/mol. The van der Waals surface area contributed by atoms with Crippen molar-refractivity contribution < 1.29 is 19.1 Å². The van der Waals surface area contributed by atoms with Crippen LogP contribution in [-0.2, 0) is 19.1 Å². The summed E-state index contributed by atoms with van der Waals surface area (Å²) in [7, 11) is 2.70. The van der Waals surface area contributed by atoms with Crippen molar-refractivity contribution in [1.29, 1.82) is 0 Å². The molecule has 154 valence electrons. The Morgan fingerprint density at radius 1 is 0.692 bits per heavy atom. The van der Waals surface area contributed by atoms with Gasteiger partial charge in [0.2, 0.25) is 0 Å². The van der Waals surface area contributed by atoms with Gasteiger partial charge in [0.1, 0.15) is 11.5 Å². The number of hydrogen-bond acceptors (Lipinski definition) is 6. The van der Waals surface area contributed by atoms with Gasteiger partial charge in [-0.1, -0.05) is 63.1 Å². The Kier molecular flexibility index (Phi) is 15.5. The molecule has 4 nitrogen and oxygen atoms in total. The highest BCUT2D eigenvalue weighted by Gasteiger charge is 2.10. The second-order valence-electron chi connectivity index (χ2n) is 8.01. The van der Waals surface area contributed by atoms with Crippen molar-refractivity contribution in [2.75, 3.05) is 24.7 Å². The lowest BCUT2D eigenvalue weighted by atomic mass is 9.96. The molecule has 0 aliphatic carbocycles. The van der Waals surface area contributed by atoms with Crippen LogP contribution >= 0.6 is 21.6 Å². The van der Waals surface area contributed by atoms with Crippen LogP contribution in [0.15, 0.2) is 0 Å². The normalized spacial score (nSPS) is 13.7. The number of rotatable bonds is 15. The minimum absolute atomic E-state index is 0.213. The first-order valence-corrected chi connectivity index (χ1v) is 12.2. The van der Waals surface area contributed by atoms with Crippen LogP contribution in [0, 0.1) is 23.7 Å². The Morgan fingerprint density at radius 3 is 1.35 bits per heavy atom. The topological polar surface area (TPSA) is 52.6 Å². The summed E-state index contributed by atoms with van der Waals surface area (Å²) >= 11 is 0. The van der Waals surface area contributed by atoms with E-state index in [-0.39, 0.29) is 23.4 Å². The first-order valence-electron chi connectivity index (χ1n) is 9.76. The van der Waals surface area contributed by atoms with Crippen LogP contribution in [0.3, 0.4) is 0 Å². The highest BCUT2D eigenvalue weighted by molar-refractivity contribution is 8.77. The molecule has 0 saturated carbocycles. The third-order valence-electron chi connectivity index (χ3n) is 3.93. The summed E-state index contributed by atoms with van der Waals surface area (Å²) in [5, 5.41) is 0. The molecule has 2 atom stereocenters. The van der Waals surface area contributed by atoms with Gasteiger partial charge in [0.25, 0.3) is 0 Å². The molecule has 26 heavy (non-hydrogen) atoms. The molecule has 0 fully saturated rings. The van der Waals surface area contributed by atoms with Crippen molar-refractivity contribution in [2.45, 2.75) is 67.2 Å². The maximum Gasteiger partial charge on any atom is 0.316 e. The van der Waals surface area contributed by atoms with Gasteiger partial charge in [0, 0.05) is 0 Å². The number of ether oxygens (including phenoxy) is 2. The summed E-state index contributed by atoms with van der Waals surface area (Å²) < 4.78 is 10.5. The summed E-state index contributed by atoms with van der Waals surface area (Å²) in [4.78, 5) is 23.3. The summed E-state index contributed by atoms with van der Waals surface area (Å²) in [5.74, 6) is 2.59.